The number of amides is 1. The number of nitrogens with zero attached hydrogens (tertiary/aromatic N) is 2. The van der Waals surface area contributed by atoms with Crippen molar-refractivity contribution in [1.82, 2.24) is 15.2 Å². The van der Waals surface area contributed by atoms with Crippen molar-refractivity contribution in [2.45, 2.75) is 25.5 Å². The molecule has 5 nitrogen and oxygen atoms in total. The zero-order valence-corrected chi connectivity index (χ0v) is 14.9. The van der Waals surface area contributed by atoms with E-state index in [0.717, 1.165) is 43.9 Å². The number of aromatic nitrogens is 1. The summed E-state index contributed by atoms with van der Waals surface area (Å²) in [5.41, 5.74) is 1.74. The summed E-state index contributed by atoms with van der Waals surface area (Å²) in [5.74, 6) is 0.715. The first-order valence-corrected chi connectivity index (χ1v) is 9.02. The van der Waals surface area contributed by atoms with Crippen molar-refractivity contribution in [2.75, 3.05) is 19.6 Å². The average molecular weight is 351 g/mol. The van der Waals surface area contributed by atoms with E-state index >= 15 is 0 Å². The maximum absolute atomic E-state index is 11.9. The third-order valence-corrected chi connectivity index (χ3v) is 4.47. The van der Waals surface area contributed by atoms with Gasteiger partial charge in [0.05, 0.1) is 5.69 Å². The standard InChI is InChI=1S/C21H25N3O2/c1-2-12-23-21(25)17-6-8-19(9-7-17)26-20-10-14-24(15-11-20)16-18-5-3-4-13-22-18/h2-9,13,20H,1,10-12,14-16H2,(H,23,25). The molecule has 136 valence electrons. The second-order valence-electron chi connectivity index (χ2n) is 6.44. The number of hydrogen-bond donors (Lipinski definition) is 1. The van der Waals surface area contributed by atoms with Gasteiger partial charge in [0.15, 0.2) is 0 Å². The molecule has 1 aliphatic rings. The third-order valence-electron chi connectivity index (χ3n) is 4.47. The Bertz CT molecular complexity index is 708. The number of ether oxygens (including phenoxy) is 1. The Morgan fingerprint density at radius 2 is 2.00 bits per heavy atom. The fraction of sp³-hybridized carbons (Fsp3) is 0.333. The van der Waals surface area contributed by atoms with Crippen LogP contribution in [0.3, 0.4) is 0 Å². The topological polar surface area (TPSA) is 54.5 Å². The number of benzene rings is 1. The van der Waals surface area contributed by atoms with Gasteiger partial charge in [0, 0.05) is 37.9 Å². The minimum Gasteiger partial charge on any atom is -0.490 e. The molecule has 1 aliphatic heterocycles. The zero-order valence-electron chi connectivity index (χ0n) is 14.9. The van der Waals surface area contributed by atoms with E-state index in [-0.39, 0.29) is 12.0 Å². The van der Waals surface area contributed by atoms with Gasteiger partial charge < -0.3 is 10.1 Å². The molecule has 26 heavy (non-hydrogen) atoms. The Morgan fingerprint density at radius 3 is 2.65 bits per heavy atom. The predicted molar refractivity (Wildman–Crippen MR) is 102 cm³/mol. The van der Waals surface area contributed by atoms with Crippen LogP contribution < -0.4 is 10.1 Å². The SMILES string of the molecule is C=CCNC(=O)c1ccc(OC2CCN(Cc3ccccn3)CC2)cc1. The number of likely N-dealkylation sites (tertiary alicyclic amines) is 1. The quantitative estimate of drug-likeness (QED) is 0.779. The Morgan fingerprint density at radius 1 is 1.23 bits per heavy atom. The van der Waals surface area contributed by atoms with Crippen LogP contribution in [0, 0.1) is 0 Å². The highest BCUT2D eigenvalue weighted by molar-refractivity contribution is 5.94. The fourth-order valence-corrected chi connectivity index (χ4v) is 3.05. The summed E-state index contributed by atoms with van der Waals surface area (Å²) in [6.45, 7) is 6.96. The van der Waals surface area contributed by atoms with Crippen molar-refractivity contribution in [2.24, 2.45) is 0 Å². The van der Waals surface area contributed by atoms with Crippen molar-refractivity contribution >= 4 is 5.91 Å². The lowest BCUT2D eigenvalue weighted by Crippen LogP contribution is -2.37. The van der Waals surface area contributed by atoms with Crippen LogP contribution in [-0.2, 0) is 6.54 Å². The van der Waals surface area contributed by atoms with Crippen LogP contribution in [0.25, 0.3) is 0 Å². The van der Waals surface area contributed by atoms with Gasteiger partial charge in [0.1, 0.15) is 11.9 Å². The molecule has 0 unspecified atom stereocenters. The van der Waals surface area contributed by atoms with Crippen molar-refractivity contribution < 1.29 is 9.53 Å². The summed E-state index contributed by atoms with van der Waals surface area (Å²) < 4.78 is 6.08. The number of nitrogens with one attached hydrogen (secondary N) is 1. The number of carbonyl (C=O) groups is 1. The van der Waals surface area contributed by atoms with Crippen LogP contribution in [0.1, 0.15) is 28.9 Å². The lowest BCUT2D eigenvalue weighted by Gasteiger charge is -2.31. The van der Waals surface area contributed by atoms with E-state index in [1.165, 1.54) is 0 Å². The minimum absolute atomic E-state index is 0.0979. The van der Waals surface area contributed by atoms with Gasteiger partial charge in [-0.05, 0) is 49.2 Å². The molecule has 0 atom stereocenters. The second kappa shape index (κ2) is 9.15. The summed E-state index contributed by atoms with van der Waals surface area (Å²) in [5, 5.41) is 2.77. The van der Waals surface area contributed by atoms with E-state index in [1.807, 2.05) is 30.5 Å². The van der Waals surface area contributed by atoms with Gasteiger partial charge >= 0.3 is 0 Å². The highest BCUT2D eigenvalue weighted by Crippen LogP contribution is 2.20. The highest BCUT2D eigenvalue weighted by atomic mass is 16.5. The van der Waals surface area contributed by atoms with Gasteiger partial charge in [-0.25, -0.2) is 0 Å². The zero-order chi connectivity index (χ0) is 18.2. The van der Waals surface area contributed by atoms with E-state index < -0.39 is 0 Å². The lowest BCUT2D eigenvalue weighted by atomic mass is 10.1. The maximum atomic E-state index is 11.9. The van der Waals surface area contributed by atoms with Gasteiger partial charge in [0.2, 0.25) is 0 Å². The molecule has 0 saturated carbocycles. The third kappa shape index (κ3) is 5.17. The summed E-state index contributed by atoms with van der Waals surface area (Å²) in [6.07, 6.45) is 5.71. The van der Waals surface area contributed by atoms with E-state index in [2.05, 4.69) is 27.8 Å². The Kier molecular flexibility index (Phi) is 6.39. The monoisotopic (exact) mass is 351 g/mol. The van der Waals surface area contributed by atoms with Gasteiger partial charge in [0.25, 0.3) is 5.91 Å². The van der Waals surface area contributed by atoms with Gasteiger partial charge in [-0.2, -0.15) is 0 Å². The van der Waals surface area contributed by atoms with Crippen LogP contribution in [0.5, 0.6) is 5.75 Å². The van der Waals surface area contributed by atoms with Crippen LogP contribution in [0.4, 0.5) is 0 Å². The van der Waals surface area contributed by atoms with Crippen molar-refractivity contribution in [3.05, 3.63) is 72.6 Å². The lowest BCUT2D eigenvalue weighted by molar-refractivity contribution is 0.0952. The number of hydrogen-bond acceptors (Lipinski definition) is 4. The molecule has 0 bridgehead atoms. The highest BCUT2D eigenvalue weighted by Gasteiger charge is 2.21. The molecule has 1 saturated heterocycles. The molecule has 3 rings (SSSR count). The van der Waals surface area contributed by atoms with E-state index in [9.17, 15) is 4.79 Å². The number of carbonyl (C=O) groups excluding carboxylic acids is 1. The molecule has 1 aromatic carbocycles. The van der Waals surface area contributed by atoms with Crippen molar-refractivity contribution in [1.29, 1.82) is 0 Å². The first kappa shape index (κ1) is 18.1. The average Bonchev–Trinajstić information content (AvgIpc) is 2.69. The molecular weight excluding hydrogens is 326 g/mol. The summed E-state index contributed by atoms with van der Waals surface area (Å²) in [4.78, 5) is 18.7. The van der Waals surface area contributed by atoms with Gasteiger partial charge in [-0.3, -0.25) is 14.7 Å². The summed E-state index contributed by atoms with van der Waals surface area (Å²) >= 11 is 0. The Balaban J connectivity index is 1.45. The molecule has 1 N–H and O–H groups in total. The minimum atomic E-state index is -0.0979. The molecule has 0 aliphatic carbocycles. The molecule has 5 heteroatoms. The van der Waals surface area contributed by atoms with Gasteiger partial charge in [-0.15, -0.1) is 6.58 Å². The van der Waals surface area contributed by atoms with Crippen LogP contribution >= 0.6 is 0 Å². The second-order valence-corrected chi connectivity index (χ2v) is 6.44. The predicted octanol–water partition coefficient (Wildman–Crippen LogP) is 3.04. The largest absolute Gasteiger partial charge is 0.490 e. The fourth-order valence-electron chi connectivity index (χ4n) is 3.05. The molecule has 0 radical (unpaired) electrons. The molecular formula is C21H25N3O2. The summed E-state index contributed by atoms with van der Waals surface area (Å²) in [7, 11) is 0. The molecule has 1 fully saturated rings. The van der Waals surface area contributed by atoms with Gasteiger partial charge in [-0.1, -0.05) is 12.1 Å². The first-order chi connectivity index (χ1) is 12.7. The van der Waals surface area contributed by atoms with Crippen LogP contribution in [0.2, 0.25) is 0 Å². The molecule has 2 heterocycles. The number of rotatable bonds is 7. The van der Waals surface area contributed by atoms with E-state index in [0.29, 0.717) is 12.1 Å². The normalized spacial score (nSPS) is 15.4. The summed E-state index contributed by atoms with van der Waals surface area (Å²) in [6, 6.07) is 13.4. The van der Waals surface area contributed by atoms with Crippen LogP contribution in [-0.4, -0.2) is 41.5 Å². The number of pyridine rings is 1. The molecule has 1 amide bonds. The molecule has 1 aromatic heterocycles. The van der Waals surface area contributed by atoms with Crippen molar-refractivity contribution in [3.63, 3.8) is 0 Å². The molecule has 0 spiro atoms. The first-order valence-electron chi connectivity index (χ1n) is 9.02. The number of piperidine rings is 1. The Labute approximate surface area is 154 Å². The smallest absolute Gasteiger partial charge is 0.251 e. The van der Waals surface area contributed by atoms with E-state index in [4.69, 9.17) is 4.74 Å². The van der Waals surface area contributed by atoms with Crippen LogP contribution in [0.15, 0.2) is 61.3 Å². The van der Waals surface area contributed by atoms with E-state index in [1.54, 1.807) is 18.2 Å². The molecule has 2 aromatic rings. The van der Waals surface area contributed by atoms with Crippen molar-refractivity contribution in [3.8, 4) is 5.75 Å². The maximum Gasteiger partial charge on any atom is 0.251 e. The Hall–Kier alpha value is -2.66.